The maximum atomic E-state index is 12.9. The Kier molecular flexibility index (Phi) is 2.71. The van der Waals surface area contributed by atoms with E-state index in [2.05, 4.69) is 0 Å². The Morgan fingerprint density at radius 2 is 1.93 bits per heavy atom. The predicted octanol–water partition coefficient (Wildman–Crippen LogP) is 1.63. The summed E-state index contributed by atoms with van der Waals surface area (Å²) in [7, 11) is 0. The molecule has 0 bridgehead atoms. The Hall–Kier alpha value is -1.00. The minimum absolute atomic E-state index is 0.446. The van der Waals surface area contributed by atoms with Crippen LogP contribution in [0.15, 0.2) is 18.2 Å². The molecule has 1 aromatic rings. The third kappa shape index (κ3) is 2.52. The van der Waals surface area contributed by atoms with Crippen molar-refractivity contribution in [2.75, 3.05) is 13.2 Å². The van der Waals surface area contributed by atoms with Gasteiger partial charge in [0.05, 0.1) is 6.61 Å². The summed E-state index contributed by atoms with van der Waals surface area (Å²) >= 11 is 0. The van der Waals surface area contributed by atoms with Crippen LogP contribution < -0.4 is 5.73 Å². The number of halogens is 2. The molecular formula is C11H13F2NO. The van der Waals surface area contributed by atoms with E-state index in [-0.39, 0.29) is 0 Å². The molecule has 1 heterocycles. The summed E-state index contributed by atoms with van der Waals surface area (Å²) in [6.07, 6.45) is 1.17. The van der Waals surface area contributed by atoms with Gasteiger partial charge in [0, 0.05) is 18.2 Å². The van der Waals surface area contributed by atoms with Gasteiger partial charge < -0.3 is 10.5 Å². The Labute approximate surface area is 87.0 Å². The largest absolute Gasteiger partial charge is 0.379 e. The average molecular weight is 213 g/mol. The molecule has 2 rings (SSSR count). The molecule has 1 aliphatic rings. The lowest BCUT2D eigenvalue weighted by atomic mass is 9.91. The lowest BCUT2D eigenvalue weighted by Gasteiger charge is -2.21. The molecule has 2 N–H and O–H groups in total. The molecule has 82 valence electrons. The molecule has 1 atom stereocenters. The molecule has 1 fully saturated rings. The molecule has 1 aliphatic heterocycles. The van der Waals surface area contributed by atoms with E-state index in [9.17, 15) is 8.78 Å². The maximum absolute atomic E-state index is 12.9. The number of benzene rings is 1. The summed E-state index contributed by atoms with van der Waals surface area (Å²) in [6.45, 7) is 1.07. The summed E-state index contributed by atoms with van der Waals surface area (Å²) in [5, 5.41) is 0. The van der Waals surface area contributed by atoms with Crippen molar-refractivity contribution < 1.29 is 13.5 Å². The highest BCUT2D eigenvalue weighted by molar-refractivity contribution is 5.20. The molecule has 0 aliphatic carbocycles. The first-order valence-corrected chi connectivity index (χ1v) is 4.89. The second kappa shape index (κ2) is 3.87. The molecule has 15 heavy (non-hydrogen) atoms. The van der Waals surface area contributed by atoms with E-state index in [4.69, 9.17) is 10.5 Å². The molecule has 4 heteroatoms. The highest BCUT2D eigenvalue weighted by Gasteiger charge is 2.30. The van der Waals surface area contributed by atoms with Gasteiger partial charge in [-0.1, -0.05) is 0 Å². The molecule has 1 unspecified atom stereocenters. The van der Waals surface area contributed by atoms with E-state index < -0.39 is 17.2 Å². The van der Waals surface area contributed by atoms with Crippen molar-refractivity contribution in [3.8, 4) is 0 Å². The van der Waals surface area contributed by atoms with Gasteiger partial charge in [-0.2, -0.15) is 0 Å². The van der Waals surface area contributed by atoms with Gasteiger partial charge >= 0.3 is 0 Å². The van der Waals surface area contributed by atoms with Crippen molar-refractivity contribution in [3.63, 3.8) is 0 Å². The zero-order valence-electron chi connectivity index (χ0n) is 8.30. The number of hydrogen-bond acceptors (Lipinski definition) is 2. The maximum Gasteiger partial charge on any atom is 0.126 e. The molecule has 0 amide bonds. The van der Waals surface area contributed by atoms with Crippen LogP contribution in [0.2, 0.25) is 0 Å². The van der Waals surface area contributed by atoms with Gasteiger partial charge in [0.15, 0.2) is 0 Å². The standard InChI is InChI=1S/C11H13F2NO/c12-9-3-8(4-10(13)5-9)6-11(14)1-2-15-7-11/h3-5H,1-2,6-7,14H2. The summed E-state index contributed by atoms with van der Waals surface area (Å²) in [4.78, 5) is 0. The van der Waals surface area contributed by atoms with Crippen molar-refractivity contribution in [3.05, 3.63) is 35.4 Å². The van der Waals surface area contributed by atoms with Crippen LogP contribution >= 0.6 is 0 Å². The van der Waals surface area contributed by atoms with Crippen LogP contribution in [0.5, 0.6) is 0 Å². The van der Waals surface area contributed by atoms with Crippen LogP contribution in [0.25, 0.3) is 0 Å². The third-order valence-electron chi connectivity index (χ3n) is 2.61. The van der Waals surface area contributed by atoms with Crippen molar-refractivity contribution in [2.24, 2.45) is 5.73 Å². The van der Waals surface area contributed by atoms with E-state index in [0.29, 0.717) is 25.2 Å². The molecule has 2 nitrogen and oxygen atoms in total. The SMILES string of the molecule is NC1(Cc2cc(F)cc(F)c2)CCOC1. The lowest BCUT2D eigenvalue weighted by Crippen LogP contribution is -2.42. The van der Waals surface area contributed by atoms with Crippen LogP contribution in [-0.2, 0) is 11.2 Å². The zero-order valence-corrected chi connectivity index (χ0v) is 8.30. The Morgan fingerprint density at radius 3 is 2.47 bits per heavy atom. The van der Waals surface area contributed by atoms with Gasteiger partial charge in [-0.25, -0.2) is 8.78 Å². The third-order valence-corrected chi connectivity index (χ3v) is 2.61. The van der Waals surface area contributed by atoms with Crippen LogP contribution in [0, 0.1) is 11.6 Å². The molecule has 1 aromatic carbocycles. The lowest BCUT2D eigenvalue weighted by molar-refractivity contribution is 0.178. The van der Waals surface area contributed by atoms with Gasteiger partial charge in [-0.15, -0.1) is 0 Å². The molecule has 1 saturated heterocycles. The van der Waals surface area contributed by atoms with Gasteiger partial charge in [0.2, 0.25) is 0 Å². The second-order valence-corrected chi connectivity index (χ2v) is 4.12. The van der Waals surface area contributed by atoms with Gasteiger partial charge in [-0.3, -0.25) is 0 Å². The van der Waals surface area contributed by atoms with Crippen molar-refractivity contribution in [1.82, 2.24) is 0 Å². The molecular weight excluding hydrogens is 200 g/mol. The van der Waals surface area contributed by atoms with Gasteiger partial charge in [-0.05, 0) is 30.5 Å². The van der Waals surface area contributed by atoms with Crippen LogP contribution in [-0.4, -0.2) is 18.8 Å². The van der Waals surface area contributed by atoms with E-state index in [1.165, 1.54) is 12.1 Å². The predicted molar refractivity (Wildman–Crippen MR) is 52.4 cm³/mol. The fraction of sp³-hybridized carbons (Fsp3) is 0.455. The molecule has 0 spiro atoms. The minimum Gasteiger partial charge on any atom is -0.379 e. The number of hydrogen-bond donors (Lipinski definition) is 1. The summed E-state index contributed by atoms with van der Waals surface area (Å²) in [5.74, 6) is -1.12. The van der Waals surface area contributed by atoms with Crippen molar-refractivity contribution in [2.45, 2.75) is 18.4 Å². The highest BCUT2D eigenvalue weighted by atomic mass is 19.1. The second-order valence-electron chi connectivity index (χ2n) is 4.12. The Bertz CT molecular complexity index is 341. The number of rotatable bonds is 2. The Balaban J connectivity index is 2.16. The molecule has 0 radical (unpaired) electrons. The molecule has 0 saturated carbocycles. The zero-order chi connectivity index (χ0) is 10.9. The topological polar surface area (TPSA) is 35.2 Å². The van der Waals surface area contributed by atoms with E-state index in [1.54, 1.807) is 0 Å². The summed E-state index contributed by atoms with van der Waals surface area (Å²) in [5.41, 5.74) is 6.13. The fourth-order valence-electron chi connectivity index (χ4n) is 1.88. The van der Waals surface area contributed by atoms with Crippen LogP contribution in [0.1, 0.15) is 12.0 Å². The Morgan fingerprint density at radius 1 is 1.27 bits per heavy atom. The van der Waals surface area contributed by atoms with Crippen molar-refractivity contribution >= 4 is 0 Å². The first-order chi connectivity index (χ1) is 7.07. The monoisotopic (exact) mass is 213 g/mol. The highest BCUT2D eigenvalue weighted by Crippen LogP contribution is 2.21. The quantitative estimate of drug-likeness (QED) is 0.810. The average Bonchev–Trinajstić information content (AvgIpc) is 2.49. The van der Waals surface area contributed by atoms with Gasteiger partial charge in [0.25, 0.3) is 0 Å². The minimum atomic E-state index is -0.562. The van der Waals surface area contributed by atoms with Crippen LogP contribution in [0.4, 0.5) is 8.78 Å². The fourth-order valence-corrected chi connectivity index (χ4v) is 1.88. The first-order valence-electron chi connectivity index (χ1n) is 4.89. The first kappa shape index (κ1) is 10.5. The van der Waals surface area contributed by atoms with Crippen LogP contribution in [0.3, 0.4) is 0 Å². The number of ether oxygens (including phenoxy) is 1. The van der Waals surface area contributed by atoms with E-state index in [0.717, 1.165) is 12.5 Å². The van der Waals surface area contributed by atoms with Crippen molar-refractivity contribution in [1.29, 1.82) is 0 Å². The summed E-state index contributed by atoms with van der Waals surface area (Å²) < 4.78 is 31.0. The van der Waals surface area contributed by atoms with E-state index >= 15 is 0 Å². The summed E-state index contributed by atoms with van der Waals surface area (Å²) in [6, 6.07) is 3.49. The normalized spacial score (nSPS) is 25.8. The van der Waals surface area contributed by atoms with Gasteiger partial charge in [0.1, 0.15) is 11.6 Å². The molecule has 0 aromatic heterocycles. The smallest absolute Gasteiger partial charge is 0.126 e. The van der Waals surface area contributed by atoms with E-state index in [1.807, 2.05) is 0 Å². The number of nitrogens with two attached hydrogens (primary N) is 1.